The van der Waals surface area contributed by atoms with Crippen LogP contribution in [0.2, 0.25) is 0 Å². The van der Waals surface area contributed by atoms with Gasteiger partial charge >= 0.3 is 0 Å². The van der Waals surface area contributed by atoms with Gasteiger partial charge in [0.2, 0.25) is 0 Å². The first-order chi connectivity index (χ1) is 16.0. The molecule has 0 unspecified atom stereocenters. The molecule has 4 aromatic heterocycles. The third-order valence-corrected chi connectivity index (χ3v) is 6.38. The summed E-state index contributed by atoms with van der Waals surface area (Å²) in [5, 5.41) is 4.65. The zero-order valence-corrected chi connectivity index (χ0v) is 19.0. The Morgan fingerprint density at radius 2 is 1.76 bits per heavy atom. The monoisotopic (exact) mass is 485 g/mol. The largest absolute Gasteiger partial charge is 0.453 e. The number of rotatable bonds is 4. The second kappa shape index (κ2) is 7.48. The van der Waals surface area contributed by atoms with Gasteiger partial charge in [-0.05, 0) is 12.1 Å². The van der Waals surface area contributed by atoms with E-state index in [1.165, 1.54) is 38.3 Å². The second-order valence-corrected chi connectivity index (χ2v) is 9.81. The quantitative estimate of drug-likeness (QED) is 0.388. The van der Waals surface area contributed by atoms with Crippen molar-refractivity contribution in [2.45, 2.75) is 5.03 Å². The molecule has 34 heavy (non-hydrogen) atoms. The number of benzene rings is 1. The van der Waals surface area contributed by atoms with Gasteiger partial charge in [0.1, 0.15) is 22.7 Å². The number of hydrogen-bond acceptors (Lipinski definition) is 6. The predicted octanol–water partition coefficient (Wildman–Crippen LogP) is 3.06. The van der Waals surface area contributed by atoms with E-state index in [4.69, 9.17) is 4.74 Å². The molecule has 0 aliphatic heterocycles. The van der Waals surface area contributed by atoms with E-state index in [0.717, 1.165) is 18.4 Å². The summed E-state index contributed by atoms with van der Waals surface area (Å²) in [5.74, 6) is -1.83. The molecule has 0 aliphatic rings. The number of hydrogen-bond donors (Lipinski definition) is 0. The molecular formula is C22H17F2N5O4S. The van der Waals surface area contributed by atoms with Crippen molar-refractivity contribution < 1.29 is 21.9 Å². The molecule has 5 aromatic rings. The number of aromatic nitrogens is 5. The van der Waals surface area contributed by atoms with Gasteiger partial charge in [-0.3, -0.25) is 13.9 Å². The average Bonchev–Trinajstić information content (AvgIpc) is 3.35. The molecule has 0 N–H and O–H groups in total. The van der Waals surface area contributed by atoms with Crippen molar-refractivity contribution in [3.8, 4) is 22.6 Å². The van der Waals surface area contributed by atoms with E-state index < -0.39 is 21.5 Å². The van der Waals surface area contributed by atoms with Gasteiger partial charge in [-0.2, -0.15) is 5.10 Å². The van der Waals surface area contributed by atoms with Crippen LogP contribution in [-0.2, 0) is 23.9 Å². The number of halogens is 2. The van der Waals surface area contributed by atoms with Gasteiger partial charge in [0.05, 0.1) is 11.6 Å². The Hall–Kier alpha value is -4.06. The van der Waals surface area contributed by atoms with Crippen molar-refractivity contribution in [1.82, 2.24) is 23.7 Å². The van der Waals surface area contributed by atoms with E-state index >= 15 is 0 Å². The average molecular weight is 485 g/mol. The van der Waals surface area contributed by atoms with Gasteiger partial charge in [-0.25, -0.2) is 22.2 Å². The highest BCUT2D eigenvalue weighted by molar-refractivity contribution is 7.90. The topological polar surface area (TPSA) is 100 Å². The van der Waals surface area contributed by atoms with E-state index in [1.807, 2.05) is 0 Å². The number of imidazole rings is 1. The lowest BCUT2D eigenvalue weighted by Crippen LogP contribution is -2.16. The Balaban J connectivity index is 1.85. The molecule has 0 bridgehead atoms. The first-order valence-corrected chi connectivity index (χ1v) is 11.8. The van der Waals surface area contributed by atoms with Crippen LogP contribution in [0.5, 0.6) is 11.5 Å². The fraction of sp³-hybridized carbons (Fsp3) is 0.136. The Labute approximate surface area is 191 Å². The highest BCUT2D eigenvalue weighted by Crippen LogP contribution is 2.38. The van der Waals surface area contributed by atoms with Gasteiger partial charge in [-0.1, -0.05) is 0 Å². The first-order valence-electron chi connectivity index (χ1n) is 9.90. The van der Waals surface area contributed by atoms with Crippen LogP contribution < -0.4 is 10.3 Å². The molecule has 0 saturated heterocycles. The Morgan fingerprint density at radius 3 is 2.47 bits per heavy atom. The molecule has 0 saturated carbocycles. The molecule has 0 spiro atoms. The van der Waals surface area contributed by atoms with Crippen LogP contribution in [0.1, 0.15) is 0 Å². The van der Waals surface area contributed by atoms with Crippen LogP contribution in [0.15, 0.2) is 58.9 Å². The van der Waals surface area contributed by atoms with Crippen LogP contribution in [-0.4, -0.2) is 38.4 Å². The molecule has 0 amide bonds. The lowest BCUT2D eigenvalue weighted by Gasteiger charge is -2.14. The molecule has 0 aliphatic carbocycles. The maximum atomic E-state index is 14.4. The van der Waals surface area contributed by atoms with Gasteiger partial charge in [-0.15, -0.1) is 0 Å². The van der Waals surface area contributed by atoms with Crippen molar-refractivity contribution in [3.63, 3.8) is 0 Å². The molecule has 0 atom stereocenters. The molecule has 0 radical (unpaired) electrons. The highest BCUT2D eigenvalue weighted by atomic mass is 32.2. The molecule has 174 valence electrons. The van der Waals surface area contributed by atoms with E-state index in [9.17, 15) is 22.0 Å². The van der Waals surface area contributed by atoms with E-state index in [1.54, 1.807) is 20.3 Å². The van der Waals surface area contributed by atoms with Crippen molar-refractivity contribution in [3.05, 3.63) is 71.0 Å². The van der Waals surface area contributed by atoms with Crippen LogP contribution >= 0.6 is 0 Å². The number of pyridine rings is 2. The third-order valence-electron chi connectivity index (χ3n) is 5.32. The van der Waals surface area contributed by atoms with Crippen molar-refractivity contribution >= 4 is 26.4 Å². The normalized spacial score (nSPS) is 12.0. The lowest BCUT2D eigenvalue weighted by molar-refractivity contribution is 0.439. The summed E-state index contributed by atoms with van der Waals surface area (Å²) in [5.41, 5.74) is 1.04. The fourth-order valence-electron chi connectivity index (χ4n) is 3.76. The lowest BCUT2D eigenvalue weighted by atomic mass is 10.1. The summed E-state index contributed by atoms with van der Waals surface area (Å²) in [6, 6.07) is 4.32. The molecule has 9 nitrogen and oxygen atoms in total. The Bertz CT molecular complexity index is 1790. The summed E-state index contributed by atoms with van der Waals surface area (Å²) in [6.07, 6.45) is 6.83. The predicted molar refractivity (Wildman–Crippen MR) is 120 cm³/mol. The van der Waals surface area contributed by atoms with E-state index in [2.05, 4.69) is 10.1 Å². The molecular weight excluding hydrogens is 468 g/mol. The zero-order chi connectivity index (χ0) is 24.4. The smallest absolute Gasteiger partial charge is 0.261 e. The SMILES string of the molecule is Cn1cc2c(=O)n(C)cc(-c3cn4c(S(C)(=O)=O)cnc4cc3Oc3ccc(F)cc3F)c2n1. The number of sulfone groups is 1. The molecule has 0 fully saturated rings. The van der Waals surface area contributed by atoms with Crippen LogP contribution in [0.25, 0.3) is 27.7 Å². The van der Waals surface area contributed by atoms with Gasteiger partial charge in [0, 0.05) is 62.2 Å². The molecule has 5 rings (SSSR count). The number of aryl methyl sites for hydroxylation is 2. The van der Waals surface area contributed by atoms with Crippen LogP contribution in [0.3, 0.4) is 0 Å². The second-order valence-electron chi connectivity index (χ2n) is 7.85. The maximum Gasteiger partial charge on any atom is 0.261 e. The number of fused-ring (bicyclic) bond motifs is 2. The first kappa shape index (κ1) is 21.8. The standard InChI is InChI=1S/C22H17F2N5O4S/c1-27-9-14(21-15(22(27)30)10-28(2)26-21)13-11-29-19(25-8-20(29)34(3,31)32)7-18(13)33-17-5-4-12(23)6-16(17)24/h4-11H,1-3H3. The van der Waals surface area contributed by atoms with Gasteiger partial charge in [0.15, 0.2) is 26.4 Å². The molecule has 4 heterocycles. The van der Waals surface area contributed by atoms with Crippen molar-refractivity contribution in [1.29, 1.82) is 0 Å². The summed E-state index contributed by atoms with van der Waals surface area (Å²) in [4.78, 5) is 16.8. The van der Waals surface area contributed by atoms with Gasteiger partial charge < -0.3 is 9.30 Å². The minimum Gasteiger partial charge on any atom is -0.453 e. The highest BCUT2D eigenvalue weighted by Gasteiger charge is 2.22. The summed E-state index contributed by atoms with van der Waals surface area (Å²) < 4.78 is 62.4. The van der Waals surface area contributed by atoms with Gasteiger partial charge in [0.25, 0.3) is 5.56 Å². The van der Waals surface area contributed by atoms with E-state index in [-0.39, 0.29) is 27.7 Å². The van der Waals surface area contributed by atoms with Crippen LogP contribution in [0, 0.1) is 11.6 Å². The number of nitrogens with zero attached hydrogens (tertiary/aromatic N) is 5. The fourth-order valence-corrected chi connectivity index (χ4v) is 4.51. The minimum absolute atomic E-state index is 0.0645. The Kier molecular flexibility index (Phi) is 4.79. The summed E-state index contributed by atoms with van der Waals surface area (Å²) in [6.45, 7) is 0. The zero-order valence-electron chi connectivity index (χ0n) is 18.2. The third kappa shape index (κ3) is 3.52. The molecule has 1 aromatic carbocycles. The Morgan fingerprint density at radius 1 is 1.00 bits per heavy atom. The maximum absolute atomic E-state index is 14.4. The molecule has 12 heteroatoms. The summed E-state index contributed by atoms with van der Waals surface area (Å²) in [7, 11) is -0.411. The minimum atomic E-state index is -3.64. The van der Waals surface area contributed by atoms with Crippen molar-refractivity contribution in [2.75, 3.05) is 6.26 Å². The number of ether oxygens (including phenoxy) is 1. The summed E-state index contributed by atoms with van der Waals surface area (Å²) >= 11 is 0. The van der Waals surface area contributed by atoms with Crippen molar-refractivity contribution in [2.24, 2.45) is 14.1 Å². The van der Waals surface area contributed by atoms with Crippen LogP contribution in [0.4, 0.5) is 8.78 Å². The van der Waals surface area contributed by atoms with E-state index in [0.29, 0.717) is 28.1 Å².